The molecule has 1 heterocycles. The summed E-state index contributed by atoms with van der Waals surface area (Å²) in [5.74, 6) is 0.296. The predicted octanol–water partition coefficient (Wildman–Crippen LogP) is 2.34. The number of ether oxygens (including phenoxy) is 1. The number of methoxy groups -OCH3 is 1. The van der Waals surface area contributed by atoms with E-state index in [0.29, 0.717) is 34.3 Å². The van der Waals surface area contributed by atoms with Crippen molar-refractivity contribution in [3.8, 4) is 5.75 Å². The van der Waals surface area contributed by atoms with Gasteiger partial charge in [-0.25, -0.2) is 0 Å². The highest BCUT2D eigenvalue weighted by Gasteiger charge is 2.20. The van der Waals surface area contributed by atoms with Gasteiger partial charge >= 0.3 is 0 Å². The number of nitrogens with zero attached hydrogens (tertiary/aromatic N) is 2. The summed E-state index contributed by atoms with van der Waals surface area (Å²) in [6, 6.07) is 7.07. The number of amides is 1. The Morgan fingerprint density at radius 2 is 2.26 bits per heavy atom. The standard InChI is InChI=1S/C16H20ClN3O3/c1-4-20-15(17)14(10(2)19-20)16(22)18-9-13(21)11-6-5-7-12(8-11)23-3/h5-8,13,21H,4,9H2,1-3H3,(H,18,22). The van der Waals surface area contributed by atoms with Crippen LogP contribution in [-0.2, 0) is 6.54 Å². The monoisotopic (exact) mass is 337 g/mol. The lowest BCUT2D eigenvalue weighted by atomic mass is 10.1. The molecule has 0 saturated carbocycles. The van der Waals surface area contributed by atoms with Crippen molar-refractivity contribution in [3.05, 3.63) is 46.2 Å². The van der Waals surface area contributed by atoms with Crippen LogP contribution in [0.25, 0.3) is 0 Å². The van der Waals surface area contributed by atoms with Gasteiger partial charge in [-0.1, -0.05) is 23.7 Å². The van der Waals surface area contributed by atoms with Crippen LogP contribution in [0.4, 0.5) is 0 Å². The van der Waals surface area contributed by atoms with Crippen molar-refractivity contribution in [2.75, 3.05) is 13.7 Å². The second-order valence-electron chi connectivity index (χ2n) is 5.07. The fourth-order valence-electron chi connectivity index (χ4n) is 2.27. The molecule has 0 saturated heterocycles. The molecule has 0 radical (unpaired) electrons. The zero-order valence-electron chi connectivity index (χ0n) is 13.3. The maximum Gasteiger partial charge on any atom is 0.256 e. The number of halogens is 1. The number of nitrogens with one attached hydrogen (secondary N) is 1. The van der Waals surface area contributed by atoms with E-state index in [1.807, 2.05) is 6.92 Å². The highest BCUT2D eigenvalue weighted by molar-refractivity contribution is 6.33. The van der Waals surface area contributed by atoms with Crippen molar-refractivity contribution in [1.82, 2.24) is 15.1 Å². The molecule has 0 spiro atoms. The molecule has 1 unspecified atom stereocenters. The Kier molecular flexibility index (Phi) is 5.63. The third-order valence-corrected chi connectivity index (χ3v) is 3.91. The first-order valence-corrected chi connectivity index (χ1v) is 7.68. The van der Waals surface area contributed by atoms with E-state index in [-0.39, 0.29) is 12.5 Å². The molecule has 0 bridgehead atoms. The Morgan fingerprint density at radius 1 is 1.52 bits per heavy atom. The first-order valence-electron chi connectivity index (χ1n) is 7.31. The van der Waals surface area contributed by atoms with Crippen LogP contribution < -0.4 is 10.1 Å². The average Bonchev–Trinajstić information content (AvgIpc) is 2.86. The maximum absolute atomic E-state index is 12.3. The largest absolute Gasteiger partial charge is 0.497 e. The summed E-state index contributed by atoms with van der Waals surface area (Å²) in [4.78, 5) is 12.3. The number of aromatic nitrogens is 2. The number of rotatable bonds is 6. The van der Waals surface area contributed by atoms with Gasteiger partial charge in [-0.15, -0.1) is 0 Å². The minimum absolute atomic E-state index is 0.0685. The maximum atomic E-state index is 12.3. The SMILES string of the molecule is CCn1nc(C)c(C(=O)NCC(O)c2cccc(OC)c2)c1Cl. The van der Waals surface area contributed by atoms with Gasteiger partial charge in [-0.05, 0) is 31.5 Å². The van der Waals surface area contributed by atoms with E-state index < -0.39 is 6.10 Å². The van der Waals surface area contributed by atoms with E-state index in [1.54, 1.807) is 43.0 Å². The zero-order valence-corrected chi connectivity index (χ0v) is 14.1. The number of hydrogen-bond acceptors (Lipinski definition) is 4. The second-order valence-corrected chi connectivity index (χ2v) is 5.43. The Hall–Kier alpha value is -2.05. The second kappa shape index (κ2) is 7.48. The molecule has 0 aliphatic heterocycles. The Labute approximate surface area is 140 Å². The summed E-state index contributed by atoms with van der Waals surface area (Å²) in [5, 5.41) is 17.4. The molecule has 23 heavy (non-hydrogen) atoms. The van der Waals surface area contributed by atoms with Gasteiger partial charge in [0.2, 0.25) is 0 Å². The molecular weight excluding hydrogens is 318 g/mol. The van der Waals surface area contributed by atoms with Gasteiger partial charge in [0.25, 0.3) is 5.91 Å². The van der Waals surface area contributed by atoms with E-state index >= 15 is 0 Å². The Bertz CT molecular complexity index is 700. The smallest absolute Gasteiger partial charge is 0.256 e. The van der Waals surface area contributed by atoms with Crippen LogP contribution >= 0.6 is 11.6 Å². The average molecular weight is 338 g/mol. The molecule has 1 atom stereocenters. The van der Waals surface area contributed by atoms with Crippen molar-refractivity contribution in [1.29, 1.82) is 0 Å². The number of carbonyl (C=O) groups is 1. The van der Waals surface area contributed by atoms with E-state index in [2.05, 4.69) is 10.4 Å². The quantitative estimate of drug-likeness (QED) is 0.848. The third-order valence-electron chi connectivity index (χ3n) is 3.53. The fraction of sp³-hybridized carbons (Fsp3) is 0.375. The van der Waals surface area contributed by atoms with Gasteiger partial charge in [0.15, 0.2) is 0 Å². The molecular formula is C16H20ClN3O3. The molecule has 0 aliphatic rings. The zero-order chi connectivity index (χ0) is 17.0. The van der Waals surface area contributed by atoms with E-state index in [0.717, 1.165) is 0 Å². The van der Waals surface area contributed by atoms with E-state index in [9.17, 15) is 9.90 Å². The normalized spacial score (nSPS) is 12.0. The third kappa shape index (κ3) is 3.83. The van der Waals surface area contributed by atoms with Crippen LogP contribution in [0.1, 0.15) is 34.6 Å². The van der Waals surface area contributed by atoms with Gasteiger partial charge < -0.3 is 15.2 Å². The van der Waals surface area contributed by atoms with Crippen molar-refractivity contribution in [2.24, 2.45) is 0 Å². The highest BCUT2D eigenvalue weighted by Crippen LogP contribution is 2.21. The number of benzene rings is 1. The molecule has 2 N–H and O–H groups in total. The topological polar surface area (TPSA) is 76.4 Å². The Balaban J connectivity index is 2.05. The minimum atomic E-state index is -0.839. The number of carbonyl (C=O) groups excluding carboxylic acids is 1. The molecule has 0 fully saturated rings. The van der Waals surface area contributed by atoms with Crippen LogP contribution in [-0.4, -0.2) is 34.4 Å². The van der Waals surface area contributed by atoms with Crippen molar-refractivity contribution in [3.63, 3.8) is 0 Å². The molecule has 0 aliphatic carbocycles. The van der Waals surface area contributed by atoms with Gasteiger partial charge in [0, 0.05) is 13.1 Å². The van der Waals surface area contributed by atoms with Gasteiger partial charge in [0.05, 0.1) is 24.5 Å². The lowest BCUT2D eigenvalue weighted by Crippen LogP contribution is -2.28. The van der Waals surface area contributed by atoms with Crippen molar-refractivity contribution < 1.29 is 14.6 Å². The van der Waals surface area contributed by atoms with Crippen LogP contribution in [0.2, 0.25) is 5.15 Å². The summed E-state index contributed by atoms with van der Waals surface area (Å²) in [6.07, 6.45) is -0.839. The van der Waals surface area contributed by atoms with Crippen LogP contribution in [0.3, 0.4) is 0 Å². The number of aryl methyl sites for hydroxylation is 2. The van der Waals surface area contributed by atoms with Crippen molar-refractivity contribution in [2.45, 2.75) is 26.5 Å². The molecule has 2 rings (SSSR count). The van der Waals surface area contributed by atoms with E-state index in [4.69, 9.17) is 16.3 Å². The van der Waals surface area contributed by atoms with Gasteiger partial charge in [0.1, 0.15) is 10.9 Å². The molecule has 2 aromatic rings. The molecule has 1 aromatic heterocycles. The predicted molar refractivity (Wildman–Crippen MR) is 87.9 cm³/mol. The summed E-state index contributed by atoms with van der Waals surface area (Å²) < 4.78 is 6.68. The first kappa shape index (κ1) is 17.3. The molecule has 6 nitrogen and oxygen atoms in total. The highest BCUT2D eigenvalue weighted by atomic mass is 35.5. The van der Waals surface area contributed by atoms with Crippen LogP contribution in [0.5, 0.6) is 5.75 Å². The number of hydrogen-bond donors (Lipinski definition) is 2. The molecule has 1 amide bonds. The summed E-state index contributed by atoms with van der Waals surface area (Å²) in [5.41, 5.74) is 1.56. The first-order chi connectivity index (χ1) is 11.0. The molecule has 7 heteroatoms. The minimum Gasteiger partial charge on any atom is -0.497 e. The van der Waals surface area contributed by atoms with Crippen LogP contribution in [0, 0.1) is 6.92 Å². The van der Waals surface area contributed by atoms with Gasteiger partial charge in [-0.3, -0.25) is 9.48 Å². The lowest BCUT2D eigenvalue weighted by molar-refractivity contribution is 0.0915. The lowest BCUT2D eigenvalue weighted by Gasteiger charge is -2.13. The Morgan fingerprint density at radius 3 is 2.87 bits per heavy atom. The molecule has 1 aromatic carbocycles. The summed E-state index contributed by atoms with van der Waals surface area (Å²) >= 11 is 6.16. The molecule has 124 valence electrons. The fourth-order valence-corrected chi connectivity index (χ4v) is 2.65. The summed E-state index contributed by atoms with van der Waals surface area (Å²) in [6.45, 7) is 4.27. The number of aliphatic hydroxyl groups is 1. The number of aliphatic hydroxyl groups excluding tert-OH is 1. The van der Waals surface area contributed by atoms with Gasteiger partial charge in [-0.2, -0.15) is 5.10 Å². The van der Waals surface area contributed by atoms with E-state index in [1.165, 1.54) is 0 Å². The van der Waals surface area contributed by atoms with Crippen LogP contribution in [0.15, 0.2) is 24.3 Å². The van der Waals surface area contributed by atoms with Crippen molar-refractivity contribution >= 4 is 17.5 Å². The summed E-state index contributed by atoms with van der Waals surface area (Å²) in [7, 11) is 1.56.